The molecule has 1 aromatic heterocycles. The normalized spacial score (nSPS) is 15.9. The minimum Gasteiger partial charge on any atom is -0.262 e. The molecule has 3 heteroatoms. The van der Waals surface area contributed by atoms with Crippen LogP contribution in [0.3, 0.4) is 0 Å². The third-order valence-electron chi connectivity index (χ3n) is 5.51. The minimum absolute atomic E-state index is 0.717. The molecule has 0 fully saturated rings. The van der Waals surface area contributed by atoms with Crippen LogP contribution in [0.4, 0.5) is 0 Å². The van der Waals surface area contributed by atoms with Gasteiger partial charge in [-0.05, 0) is 65.0 Å². The summed E-state index contributed by atoms with van der Waals surface area (Å²) in [6.45, 7) is 2.32. The van der Waals surface area contributed by atoms with Gasteiger partial charge in [0.1, 0.15) is 0 Å². The molecule has 1 heterocycles. The molecule has 27 heavy (non-hydrogen) atoms. The lowest BCUT2D eigenvalue weighted by Crippen LogP contribution is -2.09. The van der Waals surface area contributed by atoms with E-state index in [4.69, 9.17) is 11.6 Å². The Labute approximate surface area is 165 Å². The van der Waals surface area contributed by atoms with Crippen LogP contribution in [0.2, 0.25) is 5.02 Å². The van der Waals surface area contributed by atoms with E-state index in [0.717, 1.165) is 10.4 Å². The predicted octanol–water partition coefficient (Wildman–Crippen LogP) is 6.95. The van der Waals surface area contributed by atoms with E-state index in [9.17, 15) is 0 Å². The van der Waals surface area contributed by atoms with Gasteiger partial charge < -0.3 is 0 Å². The average molecular weight is 375 g/mol. The summed E-state index contributed by atoms with van der Waals surface area (Å²) >= 11 is 6.36. The molecule has 0 saturated carbocycles. The van der Waals surface area contributed by atoms with Crippen LogP contribution in [0.15, 0.2) is 67.3 Å². The van der Waals surface area contributed by atoms with Crippen molar-refractivity contribution < 1.29 is 0 Å². The quantitative estimate of drug-likeness (QED) is 0.337. The number of hydrogen-bond acceptors (Lipinski definition) is 2. The molecular weight excluding hydrogens is 352 g/mol. The van der Waals surface area contributed by atoms with Crippen molar-refractivity contribution in [3.63, 3.8) is 0 Å². The van der Waals surface area contributed by atoms with E-state index >= 15 is 0 Å². The maximum absolute atomic E-state index is 6.36. The molecule has 0 amide bonds. The van der Waals surface area contributed by atoms with E-state index in [0.29, 0.717) is 5.92 Å². The Balaban J connectivity index is 0.000000257. The van der Waals surface area contributed by atoms with Crippen LogP contribution in [0, 0.1) is 0 Å². The molecular formula is C24H23ClN2. The van der Waals surface area contributed by atoms with Gasteiger partial charge in [0.25, 0.3) is 0 Å². The molecule has 1 aliphatic rings. The standard InChI is InChI=1S/C20H19Cl.C4H4N2/c1-2-13-5-3-6-14-9-10-16-15-7-4-8-19(21)17(15)11-12-18(16)20(13)14;1-2-6-4-3-5-1/h4,7-13H,2-3,5-6H2,1H3;1-4H. The van der Waals surface area contributed by atoms with E-state index in [2.05, 4.69) is 53.3 Å². The Bertz CT molecular complexity index is 1030. The maximum Gasteiger partial charge on any atom is 0.0484 e. The van der Waals surface area contributed by atoms with Crippen LogP contribution in [0.25, 0.3) is 21.5 Å². The maximum atomic E-state index is 6.36. The Hall–Kier alpha value is -2.45. The van der Waals surface area contributed by atoms with Gasteiger partial charge in [0.15, 0.2) is 0 Å². The number of halogens is 1. The summed E-state index contributed by atoms with van der Waals surface area (Å²) in [5.41, 5.74) is 3.16. The number of aryl methyl sites for hydroxylation is 1. The molecule has 3 aromatic carbocycles. The molecule has 1 atom stereocenters. The molecule has 0 spiro atoms. The van der Waals surface area contributed by atoms with Crippen molar-refractivity contribution in [2.45, 2.75) is 38.5 Å². The molecule has 0 saturated heterocycles. The van der Waals surface area contributed by atoms with E-state index in [-0.39, 0.29) is 0 Å². The van der Waals surface area contributed by atoms with Crippen molar-refractivity contribution in [2.75, 3.05) is 0 Å². The van der Waals surface area contributed by atoms with E-state index in [1.54, 1.807) is 35.9 Å². The van der Waals surface area contributed by atoms with Crippen molar-refractivity contribution >= 4 is 33.1 Å². The zero-order valence-corrected chi connectivity index (χ0v) is 16.3. The number of nitrogens with zero attached hydrogens (tertiary/aromatic N) is 2. The lowest BCUT2D eigenvalue weighted by atomic mass is 9.78. The van der Waals surface area contributed by atoms with Crippen molar-refractivity contribution in [1.29, 1.82) is 0 Å². The summed E-state index contributed by atoms with van der Waals surface area (Å²) in [7, 11) is 0. The molecule has 136 valence electrons. The monoisotopic (exact) mass is 374 g/mol. The second-order valence-corrected chi connectivity index (χ2v) is 7.43. The number of benzene rings is 3. The number of hydrogen-bond donors (Lipinski definition) is 0. The van der Waals surface area contributed by atoms with Crippen molar-refractivity contribution in [1.82, 2.24) is 9.97 Å². The van der Waals surface area contributed by atoms with Crippen LogP contribution in [-0.4, -0.2) is 9.97 Å². The Morgan fingerprint density at radius 3 is 2.22 bits per heavy atom. The number of aromatic nitrogens is 2. The summed E-state index contributed by atoms with van der Waals surface area (Å²) in [4.78, 5) is 7.44. The van der Waals surface area contributed by atoms with Gasteiger partial charge in [-0.2, -0.15) is 0 Å². The molecule has 0 radical (unpaired) electrons. The van der Waals surface area contributed by atoms with Gasteiger partial charge in [-0.1, -0.05) is 54.9 Å². The summed E-state index contributed by atoms with van der Waals surface area (Å²) in [6, 6.07) is 15.4. The largest absolute Gasteiger partial charge is 0.262 e. The smallest absolute Gasteiger partial charge is 0.0484 e. The van der Waals surface area contributed by atoms with Gasteiger partial charge in [0.2, 0.25) is 0 Å². The summed E-state index contributed by atoms with van der Waals surface area (Å²) in [5.74, 6) is 0.717. The van der Waals surface area contributed by atoms with Gasteiger partial charge in [-0.3, -0.25) is 9.97 Å². The third kappa shape index (κ3) is 3.54. The fourth-order valence-corrected chi connectivity index (χ4v) is 4.49. The summed E-state index contributed by atoms with van der Waals surface area (Å²) in [5, 5.41) is 6.08. The van der Waals surface area contributed by atoms with Crippen LogP contribution in [0.1, 0.15) is 43.2 Å². The zero-order valence-electron chi connectivity index (χ0n) is 15.5. The third-order valence-corrected chi connectivity index (χ3v) is 5.84. The summed E-state index contributed by atoms with van der Waals surface area (Å²) < 4.78 is 0. The first kappa shape index (κ1) is 17.9. The van der Waals surface area contributed by atoms with E-state index < -0.39 is 0 Å². The molecule has 2 nitrogen and oxygen atoms in total. The van der Waals surface area contributed by atoms with Crippen LogP contribution in [-0.2, 0) is 6.42 Å². The first-order valence-corrected chi connectivity index (χ1v) is 10.00. The van der Waals surface area contributed by atoms with Gasteiger partial charge in [0, 0.05) is 35.2 Å². The molecule has 1 aliphatic carbocycles. The average Bonchev–Trinajstić information content (AvgIpc) is 2.74. The first-order chi connectivity index (χ1) is 13.3. The van der Waals surface area contributed by atoms with Crippen molar-refractivity contribution in [3.8, 4) is 0 Å². The number of fused-ring (bicyclic) bond motifs is 5. The molecule has 0 bridgehead atoms. The van der Waals surface area contributed by atoms with E-state index in [1.807, 2.05) is 6.07 Å². The van der Waals surface area contributed by atoms with Crippen LogP contribution in [0.5, 0.6) is 0 Å². The lowest BCUT2D eigenvalue weighted by molar-refractivity contribution is 0.544. The van der Waals surface area contributed by atoms with Crippen LogP contribution >= 0.6 is 11.6 Å². The van der Waals surface area contributed by atoms with Crippen molar-refractivity contribution in [3.05, 3.63) is 83.4 Å². The molecule has 1 unspecified atom stereocenters. The second kappa shape index (κ2) is 8.06. The molecule has 5 rings (SSSR count). The van der Waals surface area contributed by atoms with Gasteiger partial charge in [-0.25, -0.2) is 0 Å². The van der Waals surface area contributed by atoms with Gasteiger partial charge >= 0.3 is 0 Å². The zero-order chi connectivity index (χ0) is 18.6. The van der Waals surface area contributed by atoms with Crippen LogP contribution < -0.4 is 0 Å². The fourth-order valence-electron chi connectivity index (χ4n) is 4.25. The second-order valence-electron chi connectivity index (χ2n) is 7.03. The molecule has 0 aliphatic heterocycles. The predicted molar refractivity (Wildman–Crippen MR) is 114 cm³/mol. The number of rotatable bonds is 1. The van der Waals surface area contributed by atoms with E-state index in [1.165, 1.54) is 41.8 Å². The highest BCUT2D eigenvalue weighted by molar-refractivity contribution is 6.36. The van der Waals surface area contributed by atoms with Crippen molar-refractivity contribution in [2.24, 2.45) is 0 Å². The van der Waals surface area contributed by atoms with Gasteiger partial charge in [-0.15, -0.1) is 0 Å². The Kier molecular flexibility index (Phi) is 5.35. The highest BCUT2D eigenvalue weighted by Crippen LogP contribution is 2.41. The summed E-state index contributed by atoms with van der Waals surface area (Å²) in [6.07, 6.45) is 11.7. The highest BCUT2D eigenvalue weighted by atomic mass is 35.5. The molecule has 0 N–H and O–H groups in total. The highest BCUT2D eigenvalue weighted by Gasteiger charge is 2.21. The first-order valence-electron chi connectivity index (χ1n) is 9.62. The fraction of sp³-hybridized carbons (Fsp3) is 0.250. The Morgan fingerprint density at radius 1 is 0.852 bits per heavy atom. The van der Waals surface area contributed by atoms with Gasteiger partial charge in [0.05, 0.1) is 0 Å². The topological polar surface area (TPSA) is 25.8 Å². The molecule has 4 aromatic rings. The SMILES string of the molecule is CCC1CCCc2ccc3c(ccc4c(Cl)cccc43)c21.c1cnccn1. The minimum atomic E-state index is 0.717. The lowest BCUT2D eigenvalue weighted by Gasteiger charge is -2.26. The Morgan fingerprint density at radius 2 is 1.52 bits per heavy atom.